The summed E-state index contributed by atoms with van der Waals surface area (Å²) >= 11 is 0. The lowest BCUT2D eigenvalue weighted by atomic mass is 9.95. The minimum absolute atomic E-state index is 0.0743. The standard InChI is InChI=1S/C23H24N2O7/c1-3-11-32-18-9-5-7-16(14-18)21(26)19-20(15-6-4-8-17(13-15)25(29)30)24(10-12-31-2)23(28)22(19)27/h4-9,13-14,20,26H,3,10-12H2,1-2H3/b21-19+. The van der Waals surface area contributed by atoms with E-state index in [0.29, 0.717) is 23.5 Å². The zero-order valence-corrected chi connectivity index (χ0v) is 17.8. The third-order valence-corrected chi connectivity index (χ3v) is 5.05. The number of ketones is 1. The van der Waals surface area contributed by atoms with Crippen LogP contribution in [0.15, 0.2) is 54.1 Å². The molecule has 0 spiro atoms. The number of likely N-dealkylation sites (tertiary alicyclic amines) is 1. The number of aliphatic hydroxyl groups is 1. The SMILES string of the molecule is CCCOc1cccc(/C(O)=C2\C(=O)C(=O)N(CCOC)C2c2cccc([N+](=O)[O-])c2)c1. The number of nitrogens with zero attached hydrogens (tertiary/aromatic N) is 2. The van der Waals surface area contributed by atoms with E-state index in [-0.39, 0.29) is 30.2 Å². The summed E-state index contributed by atoms with van der Waals surface area (Å²) in [7, 11) is 1.46. The monoisotopic (exact) mass is 440 g/mol. The number of methoxy groups -OCH3 is 1. The lowest BCUT2D eigenvalue weighted by molar-refractivity contribution is -0.384. The average Bonchev–Trinajstić information content (AvgIpc) is 3.06. The maximum absolute atomic E-state index is 12.9. The van der Waals surface area contributed by atoms with Crippen molar-refractivity contribution in [2.24, 2.45) is 0 Å². The number of hydrogen-bond donors (Lipinski definition) is 1. The number of nitro benzene ring substituents is 1. The quantitative estimate of drug-likeness (QED) is 0.208. The Morgan fingerprint density at radius 1 is 1.16 bits per heavy atom. The first-order chi connectivity index (χ1) is 15.4. The molecule has 32 heavy (non-hydrogen) atoms. The lowest BCUT2D eigenvalue weighted by Gasteiger charge is -2.25. The molecule has 0 aliphatic carbocycles. The molecule has 2 aromatic rings. The summed E-state index contributed by atoms with van der Waals surface area (Å²) in [5.41, 5.74) is 0.322. The number of hydrogen-bond acceptors (Lipinski definition) is 7. The molecule has 0 radical (unpaired) electrons. The topological polar surface area (TPSA) is 119 Å². The van der Waals surface area contributed by atoms with Crippen molar-refractivity contribution >= 4 is 23.1 Å². The number of nitro groups is 1. The van der Waals surface area contributed by atoms with Gasteiger partial charge in [-0.25, -0.2) is 0 Å². The molecule has 1 heterocycles. The highest BCUT2D eigenvalue weighted by molar-refractivity contribution is 6.46. The molecule has 1 N–H and O–H groups in total. The fraction of sp³-hybridized carbons (Fsp3) is 0.304. The van der Waals surface area contributed by atoms with Gasteiger partial charge in [-0.3, -0.25) is 19.7 Å². The number of amides is 1. The number of rotatable bonds is 9. The molecule has 0 aromatic heterocycles. The molecule has 0 saturated carbocycles. The molecule has 3 rings (SSSR count). The van der Waals surface area contributed by atoms with E-state index in [1.807, 2.05) is 6.92 Å². The van der Waals surface area contributed by atoms with Gasteiger partial charge in [0.05, 0.1) is 29.8 Å². The summed E-state index contributed by atoms with van der Waals surface area (Å²) in [4.78, 5) is 37.7. The van der Waals surface area contributed by atoms with Crippen LogP contribution < -0.4 is 4.74 Å². The van der Waals surface area contributed by atoms with Crippen LogP contribution >= 0.6 is 0 Å². The molecule has 1 atom stereocenters. The van der Waals surface area contributed by atoms with Crippen LogP contribution in [0.5, 0.6) is 5.75 Å². The predicted molar refractivity (Wildman–Crippen MR) is 116 cm³/mol. The van der Waals surface area contributed by atoms with E-state index in [4.69, 9.17) is 9.47 Å². The molecular weight excluding hydrogens is 416 g/mol. The highest BCUT2D eigenvalue weighted by atomic mass is 16.6. The fourth-order valence-electron chi connectivity index (χ4n) is 3.56. The largest absolute Gasteiger partial charge is 0.507 e. The molecule has 1 aliphatic rings. The summed E-state index contributed by atoms with van der Waals surface area (Å²) in [6.07, 6.45) is 0.799. The molecule has 1 saturated heterocycles. The molecule has 2 aromatic carbocycles. The molecule has 1 fully saturated rings. The van der Waals surface area contributed by atoms with Crippen LogP contribution in [0.25, 0.3) is 5.76 Å². The zero-order chi connectivity index (χ0) is 23.3. The van der Waals surface area contributed by atoms with E-state index >= 15 is 0 Å². The van der Waals surface area contributed by atoms with Crippen LogP contribution in [0.3, 0.4) is 0 Å². The number of ether oxygens (including phenoxy) is 2. The third kappa shape index (κ3) is 4.62. The van der Waals surface area contributed by atoms with Crippen molar-refractivity contribution in [2.45, 2.75) is 19.4 Å². The third-order valence-electron chi connectivity index (χ3n) is 5.05. The number of aliphatic hydroxyl groups excluding tert-OH is 1. The Bertz CT molecular complexity index is 1060. The molecular formula is C23H24N2O7. The Morgan fingerprint density at radius 3 is 2.59 bits per heavy atom. The van der Waals surface area contributed by atoms with Gasteiger partial charge in [0.25, 0.3) is 17.4 Å². The first-order valence-electron chi connectivity index (χ1n) is 10.1. The van der Waals surface area contributed by atoms with E-state index in [1.54, 1.807) is 30.3 Å². The Kier molecular flexibility index (Phi) is 7.21. The van der Waals surface area contributed by atoms with Gasteiger partial charge in [0.1, 0.15) is 11.5 Å². The van der Waals surface area contributed by atoms with Gasteiger partial charge in [-0.15, -0.1) is 0 Å². The van der Waals surface area contributed by atoms with Gasteiger partial charge in [0.2, 0.25) is 0 Å². The molecule has 1 aliphatic heterocycles. The number of Topliss-reactive ketones (excluding diaryl/α,β-unsaturated/α-hetero) is 1. The highest BCUT2D eigenvalue weighted by Crippen LogP contribution is 2.40. The van der Waals surface area contributed by atoms with Crippen molar-refractivity contribution in [1.82, 2.24) is 4.90 Å². The van der Waals surface area contributed by atoms with Crippen LogP contribution in [-0.4, -0.2) is 53.5 Å². The molecule has 1 unspecified atom stereocenters. The van der Waals surface area contributed by atoms with Gasteiger partial charge in [-0.2, -0.15) is 0 Å². The maximum atomic E-state index is 12.9. The second-order valence-electron chi connectivity index (χ2n) is 7.21. The van der Waals surface area contributed by atoms with Crippen LogP contribution in [0.1, 0.15) is 30.5 Å². The summed E-state index contributed by atoms with van der Waals surface area (Å²) < 4.78 is 10.7. The van der Waals surface area contributed by atoms with Crippen LogP contribution in [0.4, 0.5) is 5.69 Å². The first-order valence-corrected chi connectivity index (χ1v) is 10.1. The molecule has 9 heteroatoms. The molecule has 9 nitrogen and oxygen atoms in total. The summed E-state index contributed by atoms with van der Waals surface area (Å²) in [5, 5.41) is 22.3. The van der Waals surface area contributed by atoms with Crippen molar-refractivity contribution in [3.8, 4) is 5.75 Å². The first kappa shape index (κ1) is 23.0. The molecule has 1 amide bonds. The van der Waals surface area contributed by atoms with E-state index in [9.17, 15) is 24.8 Å². The predicted octanol–water partition coefficient (Wildman–Crippen LogP) is 3.45. The van der Waals surface area contributed by atoms with Gasteiger partial charge in [0.15, 0.2) is 0 Å². The number of carbonyl (C=O) groups is 2. The summed E-state index contributed by atoms with van der Waals surface area (Å²) in [5.74, 6) is -1.54. The van der Waals surface area contributed by atoms with Gasteiger partial charge < -0.3 is 19.5 Å². The summed E-state index contributed by atoms with van der Waals surface area (Å²) in [6, 6.07) is 11.2. The lowest BCUT2D eigenvalue weighted by Crippen LogP contribution is -2.32. The van der Waals surface area contributed by atoms with Gasteiger partial charge in [-0.05, 0) is 24.1 Å². The zero-order valence-electron chi connectivity index (χ0n) is 17.8. The van der Waals surface area contributed by atoms with Gasteiger partial charge in [-0.1, -0.05) is 31.2 Å². The number of non-ortho nitro benzene ring substituents is 1. The van der Waals surface area contributed by atoms with Crippen molar-refractivity contribution in [1.29, 1.82) is 0 Å². The van der Waals surface area contributed by atoms with E-state index < -0.39 is 22.7 Å². The van der Waals surface area contributed by atoms with E-state index in [1.165, 1.54) is 30.2 Å². The minimum atomic E-state index is -0.995. The second-order valence-corrected chi connectivity index (χ2v) is 7.21. The van der Waals surface area contributed by atoms with E-state index in [2.05, 4.69) is 0 Å². The van der Waals surface area contributed by atoms with Crippen molar-refractivity contribution in [2.75, 3.05) is 26.9 Å². The number of benzene rings is 2. The Hall–Kier alpha value is -3.72. The van der Waals surface area contributed by atoms with E-state index in [0.717, 1.165) is 6.42 Å². The highest BCUT2D eigenvalue weighted by Gasteiger charge is 2.46. The number of carbonyl (C=O) groups excluding carboxylic acids is 2. The Labute approximate surface area is 185 Å². The molecule has 168 valence electrons. The van der Waals surface area contributed by atoms with Crippen molar-refractivity contribution < 1.29 is 29.1 Å². The average molecular weight is 440 g/mol. The minimum Gasteiger partial charge on any atom is -0.507 e. The Morgan fingerprint density at radius 2 is 1.91 bits per heavy atom. The second kappa shape index (κ2) is 10.1. The molecule has 0 bridgehead atoms. The van der Waals surface area contributed by atoms with Crippen LogP contribution in [0.2, 0.25) is 0 Å². The van der Waals surface area contributed by atoms with Crippen molar-refractivity contribution in [3.63, 3.8) is 0 Å². The smallest absolute Gasteiger partial charge is 0.295 e. The van der Waals surface area contributed by atoms with Crippen LogP contribution in [-0.2, 0) is 14.3 Å². The van der Waals surface area contributed by atoms with Gasteiger partial charge in [0, 0.05) is 31.4 Å². The van der Waals surface area contributed by atoms with Crippen LogP contribution in [0, 0.1) is 10.1 Å². The normalized spacial score (nSPS) is 17.6. The van der Waals surface area contributed by atoms with Crippen molar-refractivity contribution in [3.05, 3.63) is 75.3 Å². The van der Waals surface area contributed by atoms with Gasteiger partial charge >= 0.3 is 0 Å². The summed E-state index contributed by atoms with van der Waals surface area (Å²) in [6.45, 7) is 2.67. The fourth-order valence-corrected chi connectivity index (χ4v) is 3.56. The Balaban J connectivity index is 2.14. The maximum Gasteiger partial charge on any atom is 0.295 e.